The van der Waals surface area contributed by atoms with Crippen LogP contribution in [0.5, 0.6) is 0 Å². The fraction of sp³-hybridized carbons (Fsp3) is 0.222. The number of rotatable bonds is 2. The third-order valence-corrected chi connectivity index (χ3v) is 1.60. The van der Waals surface area contributed by atoms with Crippen LogP contribution in [-0.2, 0) is 0 Å². The van der Waals surface area contributed by atoms with Crippen LogP contribution < -0.4 is 5.73 Å². The van der Waals surface area contributed by atoms with Crippen molar-refractivity contribution < 1.29 is 0 Å². The molecule has 1 aromatic rings. The monoisotopic (exact) mass is 148 g/mol. The van der Waals surface area contributed by atoms with Gasteiger partial charge in [-0.25, -0.2) is 0 Å². The van der Waals surface area contributed by atoms with E-state index in [1.165, 1.54) is 0 Å². The van der Waals surface area contributed by atoms with E-state index < -0.39 is 0 Å². The van der Waals surface area contributed by atoms with Gasteiger partial charge in [-0.15, -0.1) is 0 Å². The number of hydrogen-bond donors (Lipinski definition) is 1. The van der Waals surface area contributed by atoms with Gasteiger partial charge in [-0.05, 0) is 24.1 Å². The van der Waals surface area contributed by atoms with Crippen molar-refractivity contribution in [1.29, 1.82) is 0 Å². The van der Waals surface area contributed by atoms with E-state index in [2.05, 4.69) is 11.6 Å². The molecule has 0 aliphatic carbocycles. The summed E-state index contributed by atoms with van der Waals surface area (Å²) in [6.07, 6.45) is 5.31. The minimum Gasteiger partial charge on any atom is -0.324 e. The Balaban J connectivity index is 3.12. The summed E-state index contributed by atoms with van der Waals surface area (Å²) in [5.41, 5.74) is 7.81. The van der Waals surface area contributed by atoms with Gasteiger partial charge in [0.2, 0.25) is 0 Å². The fourth-order valence-electron chi connectivity index (χ4n) is 0.984. The molecule has 2 heteroatoms. The Morgan fingerprint density at radius 1 is 1.73 bits per heavy atom. The molecule has 0 aliphatic heterocycles. The molecule has 0 spiro atoms. The number of nitrogens with zero attached hydrogens (tertiary/aromatic N) is 1. The van der Waals surface area contributed by atoms with Crippen molar-refractivity contribution >= 4 is 6.08 Å². The van der Waals surface area contributed by atoms with Crippen LogP contribution in [-0.4, -0.2) is 4.98 Å². The van der Waals surface area contributed by atoms with Gasteiger partial charge in [-0.1, -0.05) is 12.7 Å². The molecule has 1 rings (SSSR count). The van der Waals surface area contributed by atoms with Crippen molar-refractivity contribution in [3.05, 3.63) is 36.2 Å². The Hall–Kier alpha value is -1.15. The maximum Gasteiger partial charge on any atom is 0.0321 e. The molecule has 0 amide bonds. The standard InChI is InChI=1S/C9H12N2/c1-3-8-4-5-11-6-9(8)7(2)10/h3-7H,1,10H2,2H3/t7-/m1/s1. The smallest absolute Gasteiger partial charge is 0.0321 e. The van der Waals surface area contributed by atoms with Crippen LogP contribution in [0.4, 0.5) is 0 Å². The van der Waals surface area contributed by atoms with E-state index in [0.717, 1.165) is 11.1 Å². The molecule has 1 atom stereocenters. The van der Waals surface area contributed by atoms with Gasteiger partial charge in [0.05, 0.1) is 0 Å². The Morgan fingerprint density at radius 3 is 2.91 bits per heavy atom. The summed E-state index contributed by atoms with van der Waals surface area (Å²) in [6, 6.07) is 1.93. The zero-order valence-electron chi connectivity index (χ0n) is 6.62. The van der Waals surface area contributed by atoms with Gasteiger partial charge >= 0.3 is 0 Å². The maximum absolute atomic E-state index is 5.70. The van der Waals surface area contributed by atoms with Crippen LogP contribution in [0.2, 0.25) is 0 Å². The molecule has 11 heavy (non-hydrogen) atoms. The average molecular weight is 148 g/mol. The van der Waals surface area contributed by atoms with Gasteiger partial charge in [0.15, 0.2) is 0 Å². The minimum absolute atomic E-state index is 0.0247. The number of aromatic nitrogens is 1. The van der Waals surface area contributed by atoms with E-state index in [0.29, 0.717) is 0 Å². The number of hydrogen-bond acceptors (Lipinski definition) is 2. The second-order valence-corrected chi connectivity index (χ2v) is 2.50. The van der Waals surface area contributed by atoms with Crippen LogP contribution >= 0.6 is 0 Å². The molecule has 2 N–H and O–H groups in total. The first kappa shape index (κ1) is 7.95. The summed E-state index contributed by atoms with van der Waals surface area (Å²) in [5.74, 6) is 0. The lowest BCUT2D eigenvalue weighted by atomic mass is 10.1. The lowest BCUT2D eigenvalue weighted by Crippen LogP contribution is -2.06. The average Bonchev–Trinajstić information content (AvgIpc) is 2.04. The normalized spacial score (nSPS) is 12.5. The number of pyridine rings is 1. The summed E-state index contributed by atoms with van der Waals surface area (Å²) in [7, 11) is 0. The highest BCUT2D eigenvalue weighted by molar-refractivity contribution is 5.51. The third kappa shape index (κ3) is 1.65. The molecule has 1 heterocycles. The predicted octanol–water partition coefficient (Wildman–Crippen LogP) is 1.74. The topological polar surface area (TPSA) is 38.9 Å². The molecule has 58 valence electrons. The molecular weight excluding hydrogens is 136 g/mol. The highest BCUT2D eigenvalue weighted by Crippen LogP contribution is 2.14. The Kier molecular flexibility index (Phi) is 2.39. The number of nitrogens with two attached hydrogens (primary N) is 1. The summed E-state index contributed by atoms with van der Waals surface area (Å²) >= 11 is 0. The van der Waals surface area contributed by atoms with Crippen LogP contribution in [0.15, 0.2) is 25.0 Å². The van der Waals surface area contributed by atoms with E-state index in [-0.39, 0.29) is 6.04 Å². The van der Waals surface area contributed by atoms with Gasteiger partial charge in [0.1, 0.15) is 0 Å². The molecule has 0 bridgehead atoms. The zero-order valence-corrected chi connectivity index (χ0v) is 6.62. The largest absolute Gasteiger partial charge is 0.324 e. The Bertz CT molecular complexity index is 253. The molecule has 1 aromatic heterocycles. The highest BCUT2D eigenvalue weighted by atomic mass is 14.7. The minimum atomic E-state index is 0.0247. The van der Waals surface area contributed by atoms with Gasteiger partial charge in [-0.2, -0.15) is 0 Å². The van der Waals surface area contributed by atoms with Gasteiger partial charge < -0.3 is 5.73 Å². The molecule has 0 saturated carbocycles. The van der Waals surface area contributed by atoms with Crippen LogP contribution in [0.25, 0.3) is 6.08 Å². The third-order valence-electron chi connectivity index (χ3n) is 1.60. The second-order valence-electron chi connectivity index (χ2n) is 2.50. The van der Waals surface area contributed by atoms with Crippen LogP contribution in [0, 0.1) is 0 Å². The molecule has 0 fully saturated rings. The molecule has 2 nitrogen and oxygen atoms in total. The van der Waals surface area contributed by atoms with E-state index in [9.17, 15) is 0 Å². The predicted molar refractivity (Wildman–Crippen MR) is 46.9 cm³/mol. The first-order valence-electron chi connectivity index (χ1n) is 3.57. The fourth-order valence-corrected chi connectivity index (χ4v) is 0.984. The lowest BCUT2D eigenvalue weighted by molar-refractivity contribution is 0.809. The van der Waals surface area contributed by atoms with Crippen molar-refractivity contribution in [2.45, 2.75) is 13.0 Å². The van der Waals surface area contributed by atoms with E-state index >= 15 is 0 Å². The van der Waals surface area contributed by atoms with Crippen LogP contribution in [0.1, 0.15) is 24.1 Å². The van der Waals surface area contributed by atoms with Gasteiger partial charge in [0.25, 0.3) is 0 Å². The van der Waals surface area contributed by atoms with Crippen molar-refractivity contribution in [1.82, 2.24) is 4.98 Å². The molecule has 0 saturated heterocycles. The van der Waals surface area contributed by atoms with E-state index in [1.807, 2.05) is 13.0 Å². The molecule has 0 aromatic carbocycles. The Labute approximate surface area is 66.8 Å². The van der Waals surface area contributed by atoms with Crippen molar-refractivity contribution in [2.75, 3.05) is 0 Å². The van der Waals surface area contributed by atoms with E-state index in [1.54, 1.807) is 18.5 Å². The Morgan fingerprint density at radius 2 is 2.45 bits per heavy atom. The van der Waals surface area contributed by atoms with E-state index in [4.69, 9.17) is 5.73 Å². The van der Waals surface area contributed by atoms with Crippen molar-refractivity contribution in [3.63, 3.8) is 0 Å². The van der Waals surface area contributed by atoms with Crippen molar-refractivity contribution in [2.24, 2.45) is 5.73 Å². The summed E-state index contributed by atoms with van der Waals surface area (Å²) in [5, 5.41) is 0. The van der Waals surface area contributed by atoms with Crippen molar-refractivity contribution in [3.8, 4) is 0 Å². The quantitative estimate of drug-likeness (QED) is 0.693. The molecule has 0 aliphatic rings. The molecule has 0 unspecified atom stereocenters. The molecular formula is C9H12N2. The highest BCUT2D eigenvalue weighted by Gasteiger charge is 2.02. The first-order valence-corrected chi connectivity index (χ1v) is 3.57. The summed E-state index contributed by atoms with van der Waals surface area (Å²) in [4.78, 5) is 3.99. The zero-order chi connectivity index (χ0) is 8.27. The summed E-state index contributed by atoms with van der Waals surface area (Å²) in [6.45, 7) is 5.63. The summed E-state index contributed by atoms with van der Waals surface area (Å²) < 4.78 is 0. The van der Waals surface area contributed by atoms with Crippen LogP contribution in [0.3, 0.4) is 0 Å². The molecule has 0 radical (unpaired) electrons. The maximum atomic E-state index is 5.70. The lowest BCUT2D eigenvalue weighted by Gasteiger charge is -2.07. The first-order chi connectivity index (χ1) is 5.25. The van der Waals surface area contributed by atoms with Gasteiger partial charge in [-0.3, -0.25) is 4.98 Å². The van der Waals surface area contributed by atoms with Gasteiger partial charge in [0, 0.05) is 18.4 Å². The SMILES string of the molecule is C=Cc1ccncc1[C@@H](C)N. The second kappa shape index (κ2) is 3.30.